The average Bonchev–Trinajstić information content (AvgIpc) is 2.59. The number of rotatable bonds is 11. The number of aliphatic carboxylic acids is 2. The summed E-state index contributed by atoms with van der Waals surface area (Å²) in [5.41, 5.74) is 0.417. The van der Waals surface area contributed by atoms with Crippen LogP contribution in [0.15, 0.2) is 24.3 Å². The summed E-state index contributed by atoms with van der Waals surface area (Å²) in [7, 11) is 0. The molecule has 142 valence electrons. The summed E-state index contributed by atoms with van der Waals surface area (Å²) in [6, 6.07) is 2.90. The van der Waals surface area contributed by atoms with E-state index in [4.69, 9.17) is 10.2 Å². The number of carboxylic acids is 2. The van der Waals surface area contributed by atoms with E-state index < -0.39 is 35.9 Å². The Balaban J connectivity index is 2.49. The normalized spacial score (nSPS) is 12.7. The number of hydrogen-bond donors (Lipinski definition) is 4. The van der Waals surface area contributed by atoms with Crippen LogP contribution >= 0.6 is 11.8 Å². The number of carbonyl (C=O) groups is 4. The van der Waals surface area contributed by atoms with Crippen molar-refractivity contribution in [1.82, 2.24) is 10.6 Å². The fraction of sp³-hybridized carbons (Fsp3) is 0.375. The quantitative estimate of drug-likeness (QED) is 0.421. The molecule has 0 spiro atoms. The summed E-state index contributed by atoms with van der Waals surface area (Å²) in [5.74, 6) is -2.58. The van der Waals surface area contributed by atoms with Crippen LogP contribution in [0.4, 0.5) is 9.18 Å². The topological polar surface area (TPSA) is 133 Å². The van der Waals surface area contributed by atoms with Crippen molar-refractivity contribution >= 4 is 36.0 Å². The van der Waals surface area contributed by atoms with Gasteiger partial charge in [-0.15, -0.1) is 0 Å². The van der Waals surface area contributed by atoms with Gasteiger partial charge in [0.2, 0.25) is 0 Å². The molecule has 4 N–H and O–H groups in total. The van der Waals surface area contributed by atoms with Gasteiger partial charge in [-0.1, -0.05) is 18.2 Å². The van der Waals surface area contributed by atoms with Crippen molar-refractivity contribution in [2.75, 3.05) is 5.75 Å². The van der Waals surface area contributed by atoms with Gasteiger partial charge in [-0.25, -0.2) is 14.0 Å². The second-order valence-electron chi connectivity index (χ2n) is 5.29. The first-order valence-corrected chi connectivity index (χ1v) is 8.77. The van der Waals surface area contributed by atoms with Crippen LogP contribution in [0.25, 0.3) is 0 Å². The minimum absolute atomic E-state index is 0.0159. The minimum Gasteiger partial charge on any atom is -0.481 e. The first kappa shape index (κ1) is 21.4. The van der Waals surface area contributed by atoms with Crippen LogP contribution in [0.3, 0.4) is 0 Å². The first-order chi connectivity index (χ1) is 12.3. The number of benzene rings is 1. The molecule has 26 heavy (non-hydrogen) atoms. The monoisotopic (exact) mass is 386 g/mol. The van der Waals surface area contributed by atoms with E-state index in [0.717, 1.165) is 11.8 Å². The Kier molecular flexibility index (Phi) is 9.13. The highest BCUT2D eigenvalue weighted by Gasteiger charge is 2.22. The molecule has 0 unspecified atom stereocenters. The zero-order valence-electron chi connectivity index (χ0n) is 13.7. The molecular weight excluding hydrogens is 367 g/mol. The molecule has 10 heteroatoms. The van der Waals surface area contributed by atoms with Gasteiger partial charge in [0, 0.05) is 17.9 Å². The van der Waals surface area contributed by atoms with Gasteiger partial charge < -0.3 is 25.6 Å². The van der Waals surface area contributed by atoms with E-state index in [2.05, 4.69) is 10.6 Å². The van der Waals surface area contributed by atoms with Gasteiger partial charge in [-0.3, -0.25) is 4.79 Å². The van der Waals surface area contributed by atoms with Crippen molar-refractivity contribution in [1.29, 1.82) is 0 Å². The fourth-order valence-electron chi connectivity index (χ4n) is 1.90. The van der Waals surface area contributed by atoms with Gasteiger partial charge in [0.1, 0.15) is 18.1 Å². The molecular formula is C16H19FN2O6S. The Hall–Kier alpha value is -2.62. The van der Waals surface area contributed by atoms with Gasteiger partial charge >= 0.3 is 18.0 Å². The van der Waals surface area contributed by atoms with Crippen molar-refractivity contribution in [2.24, 2.45) is 0 Å². The van der Waals surface area contributed by atoms with Crippen LogP contribution in [0.1, 0.15) is 18.4 Å². The number of halogens is 1. The van der Waals surface area contributed by atoms with Crippen molar-refractivity contribution in [3.8, 4) is 0 Å². The zero-order valence-corrected chi connectivity index (χ0v) is 14.5. The Morgan fingerprint density at radius 2 is 1.88 bits per heavy atom. The van der Waals surface area contributed by atoms with E-state index >= 15 is 0 Å². The summed E-state index contributed by atoms with van der Waals surface area (Å²) in [5, 5.41) is 22.1. The molecule has 0 aliphatic heterocycles. The number of aldehydes is 1. The Labute approximate surface area is 153 Å². The predicted octanol–water partition coefficient (Wildman–Crippen LogP) is 1.24. The lowest BCUT2D eigenvalue weighted by atomic mass is 10.2. The summed E-state index contributed by atoms with van der Waals surface area (Å²) in [6.07, 6.45) is -0.0399. The van der Waals surface area contributed by atoms with Crippen molar-refractivity contribution in [3.63, 3.8) is 0 Å². The van der Waals surface area contributed by atoms with Crippen LogP contribution < -0.4 is 10.6 Å². The van der Waals surface area contributed by atoms with E-state index in [9.17, 15) is 23.6 Å². The van der Waals surface area contributed by atoms with Crippen LogP contribution in [0.5, 0.6) is 0 Å². The fourth-order valence-corrected chi connectivity index (χ4v) is 2.93. The number of urea groups is 1. The number of hydrogen-bond acceptors (Lipinski definition) is 5. The molecule has 0 heterocycles. The third kappa shape index (κ3) is 7.97. The zero-order chi connectivity index (χ0) is 19.5. The molecule has 1 aromatic rings. The van der Waals surface area contributed by atoms with Crippen LogP contribution in [-0.4, -0.2) is 52.3 Å². The maximum Gasteiger partial charge on any atom is 0.327 e. The number of carboxylic acid groups (broad SMARTS) is 2. The van der Waals surface area contributed by atoms with Crippen molar-refractivity contribution < 1.29 is 33.8 Å². The van der Waals surface area contributed by atoms with Gasteiger partial charge in [0.25, 0.3) is 0 Å². The van der Waals surface area contributed by atoms with Gasteiger partial charge in [0.05, 0.1) is 6.04 Å². The van der Waals surface area contributed by atoms with E-state index in [-0.39, 0.29) is 24.3 Å². The molecule has 0 saturated heterocycles. The molecule has 0 aliphatic carbocycles. The van der Waals surface area contributed by atoms with Crippen molar-refractivity contribution in [3.05, 3.63) is 35.6 Å². The van der Waals surface area contributed by atoms with Crippen LogP contribution in [-0.2, 0) is 20.1 Å². The molecule has 0 fully saturated rings. The van der Waals surface area contributed by atoms with Crippen molar-refractivity contribution in [2.45, 2.75) is 30.7 Å². The molecule has 2 amide bonds. The van der Waals surface area contributed by atoms with Gasteiger partial charge in [-0.2, -0.15) is 11.8 Å². The first-order valence-electron chi connectivity index (χ1n) is 7.61. The Morgan fingerprint density at radius 3 is 2.46 bits per heavy atom. The lowest BCUT2D eigenvalue weighted by molar-refractivity contribution is -0.139. The largest absolute Gasteiger partial charge is 0.481 e. The molecule has 8 nitrogen and oxygen atoms in total. The predicted molar refractivity (Wildman–Crippen MR) is 92.4 cm³/mol. The van der Waals surface area contributed by atoms with E-state index in [1.165, 1.54) is 6.07 Å². The highest BCUT2D eigenvalue weighted by atomic mass is 32.2. The maximum atomic E-state index is 13.5. The third-order valence-electron chi connectivity index (χ3n) is 3.25. The molecule has 0 radical (unpaired) electrons. The van der Waals surface area contributed by atoms with E-state index in [0.29, 0.717) is 11.8 Å². The Bertz CT molecular complexity index is 657. The second kappa shape index (κ2) is 11.1. The Morgan fingerprint density at radius 1 is 1.19 bits per heavy atom. The molecule has 0 saturated carbocycles. The lowest BCUT2D eigenvalue weighted by Crippen LogP contribution is -2.50. The molecule has 0 bridgehead atoms. The summed E-state index contributed by atoms with van der Waals surface area (Å²) in [4.78, 5) is 44.4. The highest BCUT2D eigenvalue weighted by Crippen LogP contribution is 2.16. The molecule has 0 aliphatic rings. The number of nitrogens with one attached hydrogen (secondary N) is 2. The molecule has 2 atom stereocenters. The summed E-state index contributed by atoms with van der Waals surface area (Å²) in [6.45, 7) is 0. The molecule has 1 rings (SSSR count). The summed E-state index contributed by atoms with van der Waals surface area (Å²) < 4.78 is 13.5. The number of carbonyl (C=O) groups excluding carboxylic acids is 2. The van der Waals surface area contributed by atoms with Gasteiger partial charge in [-0.05, 0) is 18.1 Å². The van der Waals surface area contributed by atoms with Crippen LogP contribution in [0, 0.1) is 5.82 Å². The average molecular weight is 386 g/mol. The maximum absolute atomic E-state index is 13.5. The standard InChI is InChI=1S/C16H19FN2O6S/c17-12-4-2-1-3-10(12)8-26-9-13(15(23)24)19-16(25)18-11(7-20)5-6-14(21)22/h1-4,7,11,13H,5-6,8-9H2,(H,21,22)(H,23,24)(H2,18,19,25)/t11-,13-/m0/s1. The molecule has 1 aromatic carbocycles. The SMILES string of the molecule is O=C[C@H](CCC(=O)O)NC(=O)N[C@@H](CSCc1ccccc1F)C(=O)O. The highest BCUT2D eigenvalue weighted by molar-refractivity contribution is 7.98. The van der Waals surface area contributed by atoms with Crippen LogP contribution in [0.2, 0.25) is 0 Å². The van der Waals surface area contributed by atoms with E-state index in [1.807, 2.05) is 0 Å². The third-order valence-corrected chi connectivity index (χ3v) is 4.34. The number of amides is 2. The minimum atomic E-state index is -1.28. The molecule has 0 aromatic heterocycles. The lowest BCUT2D eigenvalue weighted by Gasteiger charge is -2.17. The summed E-state index contributed by atoms with van der Waals surface area (Å²) >= 11 is 1.13. The smallest absolute Gasteiger partial charge is 0.327 e. The second-order valence-corrected chi connectivity index (χ2v) is 6.32. The van der Waals surface area contributed by atoms with E-state index in [1.54, 1.807) is 18.2 Å². The van der Waals surface area contributed by atoms with Gasteiger partial charge in [0.15, 0.2) is 0 Å². The number of thioether (sulfide) groups is 1.